The second-order valence-corrected chi connectivity index (χ2v) is 3.53. The first-order chi connectivity index (χ1) is 7.33. The number of rotatable bonds is 1. The normalized spacial score (nSPS) is 19.0. The fraction of sp³-hybridized carbons (Fsp3) is 0.143. The number of anilines is 1. The van der Waals surface area contributed by atoms with Crippen molar-refractivity contribution in [3.63, 3.8) is 0 Å². The highest BCUT2D eigenvalue weighted by atomic mass is 15.1. The summed E-state index contributed by atoms with van der Waals surface area (Å²) in [5.41, 5.74) is 3.50. The summed E-state index contributed by atoms with van der Waals surface area (Å²) in [5.74, 6) is 0. The Labute approximate surface area is 91.0 Å². The molecule has 1 aliphatic heterocycles. The fourth-order valence-electron chi connectivity index (χ4n) is 1.77. The van der Waals surface area contributed by atoms with Crippen LogP contribution in [0.25, 0.3) is 5.57 Å². The Bertz CT molecular complexity index is 427. The minimum atomic E-state index is 0.967. The quantitative estimate of drug-likeness (QED) is 0.664. The van der Waals surface area contributed by atoms with Gasteiger partial charge in [-0.05, 0) is 24.6 Å². The Kier molecular flexibility index (Phi) is 2.72. The molecule has 1 heterocycles. The molecule has 1 aromatic carbocycles. The van der Waals surface area contributed by atoms with Crippen LogP contribution < -0.4 is 4.90 Å². The smallest absolute Gasteiger partial charge is 0.0485 e. The number of fused-ring (bicyclic) bond motifs is 1. The van der Waals surface area contributed by atoms with E-state index in [-0.39, 0.29) is 0 Å². The van der Waals surface area contributed by atoms with Gasteiger partial charge in [-0.2, -0.15) is 0 Å². The molecule has 2 rings (SSSR count). The second kappa shape index (κ2) is 4.18. The Morgan fingerprint density at radius 2 is 2.00 bits per heavy atom. The molecular weight excluding hydrogens is 182 g/mol. The average molecular weight is 197 g/mol. The van der Waals surface area contributed by atoms with E-state index in [0.29, 0.717) is 0 Å². The summed E-state index contributed by atoms with van der Waals surface area (Å²) in [5, 5.41) is 0. The van der Waals surface area contributed by atoms with Gasteiger partial charge >= 0.3 is 0 Å². The first-order valence-electron chi connectivity index (χ1n) is 5.22. The van der Waals surface area contributed by atoms with E-state index in [2.05, 4.69) is 48.9 Å². The maximum atomic E-state index is 4.08. The van der Waals surface area contributed by atoms with Crippen LogP contribution in [0.5, 0.6) is 0 Å². The molecule has 0 unspecified atom stereocenters. The lowest BCUT2D eigenvalue weighted by molar-refractivity contribution is 1.01. The van der Waals surface area contributed by atoms with Crippen molar-refractivity contribution in [3.05, 3.63) is 60.8 Å². The van der Waals surface area contributed by atoms with Crippen molar-refractivity contribution in [2.45, 2.75) is 6.92 Å². The van der Waals surface area contributed by atoms with Crippen LogP contribution in [0.4, 0.5) is 5.69 Å². The topological polar surface area (TPSA) is 3.24 Å². The molecule has 0 radical (unpaired) electrons. The van der Waals surface area contributed by atoms with E-state index in [4.69, 9.17) is 0 Å². The van der Waals surface area contributed by atoms with Crippen LogP contribution in [0.3, 0.4) is 0 Å². The van der Waals surface area contributed by atoms with E-state index in [0.717, 1.165) is 12.1 Å². The van der Waals surface area contributed by atoms with Crippen LogP contribution in [0.15, 0.2) is 55.3 Å². The van der Waals surface area contributed by atoms with Gasteiger partial charge in [0.15, 0.2) is 0 Å². The zero-order valence-corrected chi connectivity index (χ0v) is 8.98. The SMILES string of the molecule is C=C1/C=C\C=C/N(CC)c2ccccc21. The number of hydrogen-bond acceptors (Lipinski definition) is 1. The van der Waals surface area contributed by atoms with Gasteiger partial charge in [-0.15, -0.1) is 0 Å². The molecule has 15 heavy (non-hydrogen) atoms. The Balaban J connectivity index is 2.57. The van der Waals surface area contributed by atoms with Crippen LogP contribution in [0.1, 0.15) is 12.5 Å². The monoisotopic (exact) mass is 197 g/mol. The summed E-state index contributed by atoms with van der Waals surface area (Å²) in [6, 6.07) is 8.36. The zero-order chi connectivity index (χ0) is 10.7. The molecule has 1 aromatic rings. The minimum absolute atomic E-state index is 0.967. The van der Waals surface area contributed by atoms with Crippen LogP contribution in [-0.4, -0.2) is 6.54 Å². The summed E-state index contributed by atoms with van der Waals surface area (Å²) in [6.45, 7) is 7.19. The van der Waals surface area contributed by atoms with Gasteiger partial charge in [-0.1, -0.05) is 36.9 Å². The molecule has 0 aliphatic carbocycles. The molecule has 0 N–H and O–H groups in total. The first-order valence-corrected chi connectivity index (χ1v) is 5.22. The van der Waals surface area contributed by atoms with E-state index in [1.807, 2.05) is 18.2 Å². The van der Waals surface area contributed by atoms with Crippen molar-refractivity contribution < 1.29 is 0 Å². The lowest BCUT2D eigenvalue weighted by atomic mass is 10.0. The van der Waals surface area contributed by atoms with Gasteiger partial charge in [-0.25, -0.2) is 0 Å². The molecule has 0 fully saturated rings. The Hall–Kier alpha value is -1.76. The van der Waals surface area contributed by atoms with E-state index in [1.165, 1.54) is 11.3 Å². The molecule has 0 saturated carbocycles. The lowest BCUT2D eigenvalue weighted by Gasteiger charge is -2.23. The van der Waals surface area contributed by atoms with Crippen molar-refractivity contribution in [1.29, 1.82) is 0 Å². The van der Waals surface area contributed by atoms with Gasteiger partial charge in [-0.3, -0.25) is 0 Å². The number of benzene rings is 1. The van der Waals surface area contributed by atoms with Gasteiger partial charge in [0.05, 0.1) is 0 Å². The van der Waals surface area contributed by atoms with Crippen molar-refractivity contribution in [1.82, 2.24) is 0 Å². The Morgan fingerprint density at radius 3 is 2.80 bits per heavy atom. The number of hydrogen-bond donors (Lipinski definition) is 0. The van der Waals surface area contributed by atoms with E-state index >= 15 is 0 Å². The summed E-state index contributed by atoms with van der Waals surface area (Å²) >= 11 is 0. The molecule has 1 aliphatic rings. The molecule has 76 valence electrons. The zero-order valence-electron chi connectivity index (χ0n) is 8.98. The third-order valence-corrected chi connectivity index (χ3v) is 2.57. The second-order valence-electron chi connectivity index (χ2n) is 3.53. The third kappa shape index (κ3) is 1.86. The van der Waals surface area contributed by atoms with Gasteiger partial charge in [0, 0.05) is 24.0 Å². The van der Waals surface area contributed by atoms with Gasteiger partial charge < -0.3 is 4.90 Å². The summed E-state index contributed by atoms with van der Waals surface area (Å²) in [4.78, 5) is 2.23. The summed E-state index contributed by atoms with van der Waals surface area (Å²) in [6.07, 6.45) is 8.22. The highest BCUT2D eigenvalue weighted by Crippen LogP contribution is 2.28. The fourth-order valence-corrected chi connectivity index (χ4v) is 1.77. The van der Waals surface area contributed by atoms with Crippen molar-refractivity contribution >= 4 is 11.3 Å². The maximum absolute atomic E-state index is 4.08. The van der Waals surface area contributed by atoms with E-state index < -0.39 is 0 Å². The largest absolute Gasteiger partial charge is 0.348 e. The lowest BCUT2D eigenvalue weighted by Crippen LogP contribution is -2.16. The van der Waals surface area contributed by atoms with Crippen molar-refractivity contribution in [3.8, 4) is 0 Å². The molecule has 0 atom stereocenters. The molecule has 0 spiro atoms. The summed E-state index contributed by atoms with van der Waals surface area (Å²) < 4.78 is 0. The molecule has 0 saturated heterocycles. The number of nitrogens with zero attached hydrogens (tertiary/aromatic N) is 1. The molecule has 0 aromatic heterocycles. The van der Waals surface area contributed by atoms with Crippen molar-refractivity contribution in [2.75, 3.05) is 11.4 Å². The molecule has 0 amide bonds. The van der Waals surface area contributed by atoms with Crippen LogP contribution >= 0.6 is 0 Å². The number of allylic oxidation sites excluding steroid dienone is 4. The average Bonchev–Trinajstić information content (AvgIpc) is 2.27. The number of para-hydroxylation sites is 1. The molecule has 0 bridgehead atoms. The van der Waals surface area contributed by atoms with Crippen LogP contribution in [-0.2, 0) is 0 Å². The van der Waals surface area contributed by atoms with Crippen molar-refractivity contribution in [2.24, 2.45) is 0 Å². The highest BCUT2D eigenvalue weighted by Gasteiger charge is 2.08. The standard InChI is InChI=1S/C14H15N/c1-3-15-11-7-6-8-12(2)13-9-4-5-10-14(13)15/h4-11H,2-3H2,1H3/b8-6-,11-7-. The molecule has 1 heteroatoms. The van der Waals surface area contributed by atoms with E-state index in [1.54, 1.807) is 0 Å². The predicted molar refractivity (Wildman–Crippen MR) is 66.8 cm³/mol. The predicted octanol–water partition coefficient (Wildman–Crippen LogP) is 3.61. The maximum Gasteiger partial charge on any atom is 0.0485 e. The molecule has 1 nitrogen and oxygen atoms in total. The van der Waals surface area contributed by atoms with Gasteiger partial charge in [0.25, 0.3) is 0 Å². The highest BCUT2D eigenvalue weighted by molar-refractivity contribution is 5.82. The molecular formula is C14H15N. The van der Waals surface area contributed by atoms with Gasteiger partial charge in [0.1, 0.15) is 0 Å². The first kappa shape index (κ1) is 9.78. The van der Waals surface area contributed by atoms with Crippen LogP contribution in [0.2, 0.25) is 0 Å². The van der Waals surface area contributed by atoms with Gasteiger partial charge in [0.2, 0.25) is 0 Å². The Morgan fingerprint density at radius 1 is 1.20 bits per heavy atom. The summed E-state index contributed by atoms with van der Waals surface area (Å²) in [7, 11) is 0. The minimum Gasteiger partial charge on any atom is -0.348 e. The van der Waals surface area contributed by atoms with E-state index in [9.17, 15) is 0 Å². The van der Waals surface area contributed by atoms with Crippen LogP contribution in [0, 0.1) is 0 Å². The third-order valence-electron chi connectivity index (χ3n) is 2.57.